The monoisotopic (exact) mass is 253 g/mol. The number of nitrogens with zero attached hydrogens (tertiary/aromatic N) is 2. The summed E-state index contributed by atoms with van der Waals surface area (Å²) >= 11 is 0. The molecule has 2 rings (SSSR count). The van der Waals surface area contributed by atoms with Crippen LogP contribution in [-0.4, -0.2) is 61.7 Å². The van der Waals surface area contributed by atoms with Crippen molar-refractivity contribution < 1.29 is 0 Å². The van der Waals surface area contributed by atoms with E-state index in [0.717, 1.165) is 12.0 Å². The largest absolute Gasteiger partial charge is 0.311 e. The average molecular weight is 253 g/mol. The maximum atomic E-state index is 3.71. The Morgan fingerprint density at radius 2 is 1.89 bits per heavy atom. The topological polar surface area (TPSA) is 18.5 Å². The molecule has 0 spiro atoms. The molecular weight excluding hydrogens is 222 g/mol. The molecule has 18 heavy (non-hydrogen) atoms. The van der Waals surface area contributed by atoms with E-state index < -0.39 is 0 Å². The van der Waals surface area contributed by atoms with Crippen LogP contribution in [0.4, 0.5) is 0 Å². The van der Waals surface area contributed by atoms with E-state index >= 15 is 0 Å². The van der Waals surface area contributed by atoms with E-state index in [1.165, 1.54) is 58.4 Å². The molecule has 0 aliphatic carbocycles. The zero-order valence-electron chi connectivity index (χ0n) is 12.5. The Labute approximate surface area is 113 Å². The summed E-state index contributed by atoms with van der Waals surface area (Å²) in [5.41, 5.74) is 0. The van der Waals surface area contributed by atoms with Crippen molar-refractivity contribution in [2.45, 2.75) is 51.6 Å². The van der Waals surface area contributed by atoms with Gasteiger partial charge in [-0.2, -0.15) is 0 Å². The third kappa shape index (κ3) is 4.52. The van der Waals surface area contributed by atoms with E-state index in [-0.39, 0.29) is 0 Å². The van der Waals surface area contributed by atoms with Crippen LogP contribution >= 0.6 is 0 Å². The second kappa shape index (κ2) is 6.88. The fourth-order valence-corrected chi connectivity index (χ4v) is 3.62. The van der Waals surface area contributed by atoms with Crippen LogP contribution < -0.4 is 5.32 Å². The van der Waals surface area contributed by atoms with Crippen LogP contribution in [0.15, 0.2) is 0 Å². The molecule has 3 heteroatoms. The van der Waals surface area contributed by atoms with Gasteiger partial charge in [0.2, 0.25) is 0 Å². The highest BCUT2D eigenvalue weighted by atomic mass is 15.2. The van der Waals surface area contributed by atoms with Gasteiger partial charge in [-0.1, -0.05) is 13.8 Å². The van der Waals surface area contributed by atoms with Gasteiger partial charge in [0, 0.05) is 31.7 Å². The summed E-state index contributed by atoms with van der Waals surface area (Å²) in [7, 11) is 2.27. The molecule has 0 aromatic rings. The molecule has 106 valence electrons. The SMILES string of the molecule is CC(C)NC1CCCN(CC2CCCN(C)C2)C1. The molecule has 1 N–H and O–H groups in total. The molecule has 0 aromatic heterocycles. The van der Waals surface area contributed by atoms with E-state index in [4.69, 9.17) is 0 Å². The van der Waals surface area contributed by atoms with Gasteiger partial charge in [0.15, 0.2) is 0 Å². The van der Waals surface area contributed by atoms with Gasteiger partial charge >= 0.3 is 0 Å². The molecule has 2 aliphatic heterocycles. The second-order valence-electron chi connectivity index (χ2n) is 6.69. The third-order valence-electron chi connectivity index (χ3n) is 4.31. The van der Waals surface area contributed by atoms with Gasteiger partial charge in [0.25, 0.3) is 0 Å². The number of rotatable bonds is 4. The van der Waals surface area contributed by atoms with E-state index in [0.29, 0.717) is 6.04 Å². The van der Waals surface area contributed by atoms with Crippen molar-refractivity contribution in [1.29, 1.82) is 0 Å². The quantitative estimate of drug-likeness (QED) is 0.824. The smallest absolute Gasteiger partial charge is 0.0197 e. The van der Waals surface area contributed by atoms with E-state index in [1.807, 2.05) is 0 Å². The van der Waals surface area contributed by atoms with Gasteiger partial charge in [-0.15, -0.1) is 0 Å². The van der Waals surface area contributed by atoms with E-state index in [9.17, 15) is 0 Å². The molecule has 0 saturated carbocycles. The molecule has 2 unspecified atom stereocenters. The highest BCUT2D eigenvalue weighted by Crippen LogP contribution is 2.19. The third-order valence-corrected chi connectivity index (χ3v) is 4.31. The minimum atomic E-state index is 0.621. The standard InChI is InChI=1S/C15H31N3/c1-13(2)16-15-7-5-9-18(12-15)11-14-6-4-8-17(3)10-14/h13-16H,4-12H2,1-3H3. The van der Waals surface area contributed by atoms with Crippen molar-refractivity contribution in [2.75, 3.05) is 39.8 Å². The van der Waals surface area contributed by atoms with Crippen LogP contribution in [0.3, 0.4) is 0 Å². The summed E-state index contributed by atoms with van der Waals surface area (Å²) in [6, 6.07) is 1.34. The van der Waals surface area contributed by atoms with Gasteiger partial charge in [0.1, 0.15) is 0 Å². The lowest BCUT2D eigenvalue weighted by molar-refractivity contribution is 0.122. The minimum Gasteiger partial charge on any atom is -0.311 e. The van der Waals surface area contributed by atoms with Crippen LogP contribution in [0.1, 0.15) is 39.5 Å². The summed E-state index contributed by atoms with van der Waals surface area (Å²) in [6.07, 6.45) is 5.55. The molecule has 0 amide bonds. The summed E-state index contributed by atoms with van der Waals surface area (Å²) < 4.78 is 0. The van der Waals surface area contributed by atoms with Gasteiger partial charge in [-0.05, 0) is 51.7 Å². The van der Waals surface area contributed by atoms with E-state index in [2.05, 4.69) is 36.0 Å². The lowest BCUT2D eigenvalue weighted by atomic mass is 9.96. The maximum Gasteiger partial charge on any atom is 0.0197 e. The summed E-state index contributed by atoms with van der Waals surface area (Å²) in [6.45, 7) is 11.0. The molecule has 0 radical (unpaired) electrons. The van der Waals surface area contributed by atoms with Crippen LogP contribution in [-0.2, 0) is 0 Å². The summed E-state index contributed by atoms with van der Waals surface area (Å²) in [5, 5.41) is 3.71. The van der Waals surface area contributed by atoms with Crippen molar-refractivity contribution in [3.05, 3.63) is 0 Å². The zero-order chi connectivity index (χ0) is 13.0. The van der Waals surface area contributed by atoms with Crippen LogP contribution in [0.25, 0.3) is 0 Å². The normalized spacial score (nSPS) is 32.0. The van der Waals surface area contributed by atoms with Crippen LogP contribution in [0.5, 0.6) is 0 Å². The first-order chi connectivity index (χ1) is 8.63. The van der Waals surface area contributed by atoms with E-state index in [1.54, 1.807) is 0 Å². The number of nitrogens with one attached hydrogen (secondary N) is 1. The molecule has 2 aliphatic rings. The summed E-state index contributed by atoms with van der Waals surface area (Å²) in [5.74, 6) is 0.904. The lowest BCUT2D eigenvalue weighted by Gasteiger charge is -2.38. The molecular formula is C15H31N3. The fourth-order valence-electron chi connectivity index (χ4n) is 3.62. The maximum absolute atomic E-state index is 3.71. The van der Waals surface area contributed by atoms with Crippen molar-refractivity contribution in [3.8, 4) is 0 Å². The summed E-state index contributed by atoms with van der Waals surface area (Å²) in [4.78, 5) is 5.20. The Morgan fingerprint density at radius 3 is 2.61 bits per heavy atom. The van der Waals surface area contributed by atoms with Gasteiger partial charge in [-0.3, -0.25) is 0 Å². The van der Waals surface area contributed by atoms with Crippen molar-refractivity contribution in [3.63, 3.8) is 0 Å². The Hall–Kier alpha value is -0.120. The molecule has 2 heterocycles. The van der Waals surface area contributed by atoms with Gasteiger partial charge < -0.3 is 15.1 Å². The fraction of sp³-hybridized carbons (Fsp3) is 1.00. The Balaban J connectivity index is 1.74. The number of hydrogen-bond acceptors (Lipinski definition) is 3. The van der Waals surface area contributed by atoms with Gasteiger partial charge in [-0.25, -0.2) is 0 Å². The predicted octanol–water partition coefficient (Wildman–Crippen LogP) is 1.79. The Kier molecular flexibility index (Phi) is 5.46. The predicted molar refractivity (Wildman–Crippen MR) is 78.0 cm³/mol. The average Bonchev–Trinajstić information content (AvgIpc) is 2.28. The Morgan fingerprint density at radius 1 is 1.11 bits per heavy atom. The highest BCUT2D eigenvalue weighted by molar-refractivity contribution is 4.82. The second-order valence-corrected chi connectivity index (χ2v) is 6.69. The van der Waals surface area contributed by atoms with Crippen molar-refractivity contribution in [2.24, 2.45) is 5.92 Å². The first kappa shape index (κ1) is 14.3. The van der Waals surface area contributed by atoms with Crippen LogP contribution in [0, 0.1) is 5.92 Å². The lowest BCUT2D eigenvalue weighted by Crippen LogP contribution is -2.50. The molecule has 2 atom stereocenters. The molecule has 2 saturated heterocycles. The van der Waals surface area contributed by atoms with Crippen molar-refractivity contribution >= 4 is 0 Å². The number of hydrogen-bond donors (Lipinski definition) is 1. The zero-order valence-corrected chi connectivity index (χ0v) is 12.5. The highest BCUT2D eigenvalue weighted by Gasteiger charge is 2.24. The number of piperidine rings is 2. The molecule has 0 aromatic carbocycles. The molecule has 0 bridgehead atoms. The Bertz CT molecular complexity index is 242. The van der Waals surface area contributed by atoms with Crippen molar-refractivity contribution in [1.82, 2.24) is 15.1 Å². The first-order valence-corrected chi connectivity index (χ1v) is 7.80. The minimum absolute atomic E-state index is 0.621. The first-order valence-electron chi connectivity index (χ1n) is 7.80. The number of likely N-dealkylation sites (tertiary alicyclic amines) is 2. The molecule has 2 fully saturated rings. The van der Waals surface area contributed by atoms with Crippen LogP contribution in [0.2, 0.25) is 0 Å². The molecule has 3 nitrogen and oxygen atoms in total. The van der Waals surface area contributed by atoms with Gasteiger partial charge in [0.05, 0.1) is 0 Å².